The molecule has 0 aliphatic rings. The average Bonchev–Trinajstić information content (AvgIpc) is 2.57. The second kappa shape index (κ2) is 8.28. The topological polar surface area (TPSA) is 92.6 Å². The number of hydroxylamine groups is 1. The number of rotatable bonds is 6. The summed E-state index contributed by atoms with van der Waals surface area (Å²) in [7, 11) is 3.04. The number of halogens is 2. The van der Waals surface area contributed by atoms with Gasteiger partial charge in [0.1, 0.15) is 19.5 Å². The lowest BCUT2D eigenvalue weighted by Crippen LogP contribution is -2.37. The van der Waals surface area contributed by atoms with E-state index in [4.69, 9.17) is 9.94 Å². The second-order valence-electron chi connectivity index (χ2n) is 5.21. The number of hydrogen-bond donors (Lipinski definition) is 3. The Bertz CT molecular complexity index is 859. The van der Waals surface area contributed by atoms with Crippen LogP contribution in [0, 0.1) is 5.82 Å². The van der Waals surface area contributed by atoms with Crippen molar-refractivity contribution in [3.05, 3.63) is 50.5 Å². The normalized spacial score (nSPS) is 10.6. The van der Waals surface area contributed by atoms with E-state index < -0.39 is 11.7 Å². The van der Waals surface area contributed by atoms with Gasteiger partial charge in [-0.15, -0.1) is 0 Å². The van der Waals surface area contributed by atoms with E-state index in [-0.39, 0.29) is 35.8 Å². The van der Waals surface area contributed by atoms with Crippen LogP contribution in [-0.2, 0) is 11.9 Å². The fourth-order valence-corrected chi connectivity index (χ4v) is 2.49. The van der Waals surface area contributed by atoms with E-state index in [2.05, 4.69) is 26.7 Å². The summed E-state index contributed by atoms with van der Waals surface area (Å²) < 4.78 is 15.9. The number of nitrogens with zero attached hydrogens (tertiary/aromatic N) is 1. The maximum absolute atomic E-state index is 14.1. The molecular weight excluding hydrogens is 396 g/mol. The SMILES string of the molecule is Bc1cc(C(=O)NOCCO)c(Nc2ccc(Br)cc2F)n(C)c1=O. The Balaban J connectivity index is 2.45. The van der Waals surface area contributed by atoms with Crippen LogP contribution in [0.1, 0.15) is 10.4 Å². The highest BCUT2D eigenvalue weighted by Gasteiger charge is 2.18. The lowest BCUT2D eigenvalue weighted by molar-refractivity contribution is 0.0168. The van der Waals surface area contributed by atoms with Crippen LogP contribution in [0.15, 0.2) is 33.5 Å². The predicted molar refractivity (Wildman–Crippen MR) is 97.7 cm³/mol. The predicted octanol–water partition coefficient (Wildman–Crippen LogP) is -0.0574. The van der Waals surface area contributed by atoms with Crippen molar-refractivity contribution in [1.29, 1.82) is 0 Å². The van der Waals surface area contributed by atoms with Crippen molar-refractivity contribution in [3.63, 3.8) is 0 Å². The van der Waals surface area contributed by atoms with Crippen LogP contribution < -0.4 is 21.8 Å². The number of aromatic nitrogens is 1. The molecule has 0 unspecified atom stereocenters. The summed E-state index contributed by atoms with van der Waals surface area (Å²) in [6.45, 7) is -0.345. The van der Waals surface area contributed by atoms with Gasteiger partial charge in [0, 0.05) is 11.5 Å². The Morgan fingerprint density at radius 3 is 2.80 bits per heavy atom. The van der Waals surface area contributed by atoms with Gasteiger partial charge in [0.15, 0.2) is 0 Å². The molecule has 0 fully saturated rings. The standard InChI is InChI=1S/C15H16BBrFN3O4/c1-21-13(19-12-3-2-8(17)6-11(12)18)9(7-10(16)15(21)24)14(23)20-25-5-4-22/h2-3,6-7,19,22H,4-5,16H2,1H3,(H,20,23). The number of carbonyl (C=O) groups is 1. The van der Waals surface area contributed by atoms with E-state index in [1.807, 2.05) is 0 Å². The molecule has 132 valence electrons. The summed E-state index contributed by atoms with van der Waals surface area (Å²) in [5.41, 5.74) is 2.39. The van der Waals surface area contributed by atoms with Gasteiger partial charge in [-0.25, -0.2) is 9.87 Å². The van der Waals surface area contributed by atoms with E-state index in [0.29, 0.717) is 9.94 Å². The number of nitrogens with one attached hydrogen (secondary N) is 2. The maximum Gasteiger partial charge on any atom is 0.278 e. The molecule has 0 radical (unpaired) electrons. The molecule has 0 saturated carbocycles. The molecule has 1 aromatic carbocycles. The van der Waals surface area contributed by atoms with Crippen LogP contribution in [0.5, 0.6) is 0 Å². The fraction of sp³-hybridized carbons (Fsp3) is 0.200. The first-order valence-corrected chi connectivity index (χ1v) is 8.10. The average molecular weight is 412 g/mol. The van der Waals surface area contributed by atoms with Gasteiger partial charge in [-0.05, 0) is 29.7 Å². The van der Waals surface area contributed by atoms with Crippen LogP contribution in [0.2, 0.25) is 0 Å². The van der Waals surface area contributed by atoms with Gasteiger partial charge in [-0.3, -0.25) is 19.0 Å². The number of amides is 1. The molecule has 2 aromatic rings. The van der Waals surface area contributed by atoms with Gasteiger partial charge >= 0.3 is 0 Å². The van der Waals surface area contributed by atoms with Gasteiger partial charge in [-0.2, -0.15) is 0 Å². The minimum atomic E-state index is -0.632. The summed E-state index contributed by atoms with van der Waals surface area (Å²) in [5, 5.41) is 11.5. The Kier molecular flexibility index (Phi) is 6.35. The summed E-state index contributed by atoms with van der Waals surface area (Å²) in [6, 6.07) is 5.76. The number of aliphatic hydroxyl groups is 1. The summed E-state index contributed by atoms with van der Waals surface area (Å²) in [6.07, 6.45) is 0. The molecule has 0 atom stereocenters. The van der Waals surface area contributed by atoms with Crippen LogP contribution in [-0.4, -0.2) is 36.6 Å². The Morgan fingerprint density at radius 1 is 1.44 bits per heavy atom. The minimum absolute atomic E-state index is 0.0827. The molecule has 3 N–H and O–H groups in total. The Labute approximate surface area is 152 Å². The molecule has 1 aromatic heterocycles. The van der Waals surface area contributed by atoms with Crippen molar-refractivity contribution >= 4 is 46.7 Å². The summed E-state index contributed by atoms with van der Waals surface area (Å²) >= 11 is 3.17. The zero-order chi connectivity index (χ0) is 18.6. The molecule has 1 amide bonds. The van der Waals surface area contributed by atoms with Gasteiger partial charge in [-0.1, -0.05) is 15.9 Å². The zero-order valence-corrected chi connectivity index (χ0v) is 15.2. The first kappa shape index (κ1) is 19.2. The van der Waals surface area contributed by atoms with Gasteiger partial charge in [0.05, 0.1) is 24.5 Å². The number of carbonyl (C=O) groups excluding carboxylic acids is 1. The molecular formula is C15H16BBrFN3O4. The number of anilines is 2. The first-order valence-electron chi connectivity index (χ1n) is 7.31. The minimum Gasteiger partial charge on any atom is -0.394 e. The highest BCUT2D eigenvalue weighted by atomic mass is 79.9. The quantitative estimate of drug-likeness (QED) is 0.352. The molecule has 0 aliphatic heterocycles. The summed E-state index contributed by atoms with van der Waals surface area (Å²) in [4.78, 5) is 29.3. The molecule has 7 nitrogen and oxygen atoms in total. The van der Waals surface area contributed by atoms with Gasteiger partial charge < -0.3 is 10.4 Å². The fourth-order valence-electron chi connectivity index (χ4n) is 2.15. The van der Waals surface area contributed by atoms with Crippen molar-refractivity contribution < 1.29 is 19.1 Å². The molecule has 10 heteroatoms. The Morgan fingerprint density at radius 2 is 2.16 bits per heavy atom. The highest BCUT2D eigenvalue weighted by molar-refractivity contribution is 9.10. The van der Waals surface area contributed by atoms with E-state index in [0.717, 1.165) is 0 Å². The molecule has 0 aliphatic carbocycles. The Hall–Kier alpha value is -2.17. The number of pyridine rings is 1. The van der Waals surface area contributed by atoms with Crippen LogP contribution in [0.25, 0.3) is 0 Å². The zero-order valence-electron chi connectivity index (χ0n) is 13.6. The molecule has 1 heterocycles. The van der Waals surface area contributed by atoms with Crippen molar-refractivity contribution in [2.24, 2.45) is 7.05 Å². The van der Waals surface area contributed by atoms with Crippen LogP contribution in [0.4, 0.5) is 15.9 Å². The molecule has 0 spiro atoms. The summed E-state index contributed by atoms with van der Waals surface area (Å²) in [5.74, 6) is -1.07. The molecule has 0 bridgehead atoms. The van der Waals surface area contributed by atoms with Crippen LogP contribution >= 0.6 is 15.9 Å². The van der Waals surface area contributed by atoms with E-state index in [1.165, 1.54) is 29.8 Å². The largest absolute Gasteiger partial charge is 0.394 e. The van der Waals surface area contributed by atoms with Crippen LogP contribution in [0.3, 0.4) is 0 Å². The lowest BCUT2D eigenvalue weighted by atomic mass is 9.95. The highest BCUT2D eigenvalue weighted by Crippen LogP contribution is 2.24. The van der Waals surface area contributed by atoms with E-state index in [1.54, 1.807) is 13.9 Å². The van der Waals surface area contributed by atoms with Crippen molar-refractivity contribution in [1.82, 2.24) is 10.0 Å². The maximum atomic E-state index is 14.1. The number of benzene rings is 1. The smallest absolute Gasteiger partial charge is 0.278 e. The van der Waals surface area contributed by atoms with E-state index >= 15 is 0 Å². The number of aliphatic hydroxyl groups excluding tert-OH is 1. The monoisotopic (exact) mass is 411 g/mol. The molecule has 25 heavy (non-hydrogen) atoms. The van der Waals surface area contributed by atoms with E-state index in [9.17, 15) is 14.0 Å². The second-order valence-corrected chi connectivity index (χ2v) is 6.12. The van der Waals surface area contributed by atoms with Gasteiger partial charge in [0.2, 0.25) is 5.56 Å². The number of hydrogen-bond acceptors (Lipinski definition) is 5. The molecule has 0 saturated heterocycles. The van der Waals surface area contributed by atoms with Crippen molar-refractivity contribution in [2.75, 3.05) is 18.5 Å². The third kappa shape index (κ3) is 4.47. The van der Waals surface area contributed by atoms with Crippen molar-refractivity contribution in [3.8, 4) is 0 Å². The third-order valence-corrected chi connectivity index (χ3v) is 3.87. The van der Waals surface area contributed by atoms with Crippen molar-refractivity contribution in [2.45, 2.75) is 0 Å². The first-order chi connectivity index (χ1) is 11.8. The van der Waals surface area contributed by atoms with Gasteiger partial charge in [0.25, 0.3) is 5.91 Å². The third-order valence-electron chi connectivity index (χ3n) is 3.38. The lowest BCUT2D eigenvalue weighted by Gasteiger charge is -2.17. The molecule has 2 rings (SSSR count).